The summed E-state index contributed by atoms with van der Waals surface area (Å²) >= 11 is 5.73. The lowest BCUT2D eigenvalue weighted by atomic mass is 9.99. The van der Waals surface area contributed by atoms with E-state index in [-0.39, 0.29) is 17.1 Å². The van der Waals surface area contributed by atoms with Crippen molar-refractivity contribution in [2.75, 3.05) is 0 Å². The number of aromatic amines is 1. The van der Waals surface area contributed by atoms with Gasteiger partial charge in [-0.1, -0.05) is 56.7 Å². The van der Waals surface area contributed by atoms with E-state index in [1.54, 1.807) is 41.5 Å². The summed E-state index contributed by atoms with van der Waals surface area (Å²) in [4.78, 5) is 53.4. The van der Waals surface area contributed by atoms with Crippen molar-refractivity contribution in [3.05, 3.63) is 156 Å². The Balaban J connectivity index is 0.000000110. The van der Waals surface area contributed by atoms with Crippen molar-refractivity contribution in [2.45, 2.75) is 170 Å². The Hall–Kier alpha value is -6.61. The number of rotatable bonds is 11. The Morgan fingerprint density at radius 3 is 1.16 bits per heavy atom. The van der Waals surface area contributed by atoms with Crippen LogP contribution < -0.4 is 17.1 Å². The number of aryl methyl sites for hydroxylation is 6. The number of fused-ring (bicyclic) bond motifs is 3. The van der Waals surface area contributed by atoms with Crippen LogP contribution in [0.3, 0.4) is 0 Å². The first-order chi connectivity index (χ1) is 38.4. The summed E-state index contributed by atoms with van der Waals surface area (Å²) in [6, 6.07) is 18.6. The molecule has 6 saturated carbocycles. The first-order valence-electron chi connectivity index (χ1n) is 29.5. The lowest BCUT2D eigenvalue weighted by Crippen LogP contribution is -2.19. The summed E-state index contributed by atoms with van der Waals surface area (Å²) in [5.74, 6) is 4.84. The average molecular weight is 1090 g/mol. The van der Waals surface area contributed by atoms with Crippen molar-refractivity contribution in [1.82, 2.24) is 56.5 Å². The van der Waals surface area contributed by atoms with Gasteiger partial charge in [0.2, 0.25) is 0 Å². The molecular formula is C63H79ClN12O3. The van der Waals surface area contributed by atoms with Gasteiger partial charge in [-0.25, -0.2) is 29.3 Å². The van der Waals surface area contributed by atoms with E-state index in [1.165, 1.54) is 161 Å². The predicted molar refractivity (Wildman–Crippen MR) is 315 cm³/mol. The molecule has 0 amide bonds. The standard InChI is InChI=1S/2C21H26N4O.C11H16N2.C10H11ClN2O/c1-23-17-10-7-14(11-18(17)24(2)21(23)26)12-25-13-22-19(15-8-9-15)20(25)16-5-3-4-6-16;1-23-17-10-7-14(11-18(17)24(2)21(23)26)12-25-13-22-19(15-5-3-4-6-15)20(25)16-8-9-16;1-2-4-8(3-1)10-11(9-5-6-9)13-7-12-10;1-12-8-4-3-7(6-11)5-9(8)13(2)10(12)14/h2*7,10-11,13,15-16H,3-6,8-9,12H2,1-2H3;7-9H,1-6H2,(H,12,13);3-5H,6H2,1-2H3. The molecule has 6 aromatic heterocycles. The van der Waals surface area contributed by atoms with Gasteiger partial charge in [0, 0.05) is 114 Å². The number of imidazole rings is 6. The van der Waals surface area contributed by atoms with Crippen LogP contribution in [0.25, 0.3) is 33.1 Å². The predicted octanol–water partition coefficient (Wildman–Crippen LogP) is 11.9. The summed E-state index contributed by atoms with van der Waals surface area (Å²) in [6.07, 6.45) is 30.1. The Kier molecular flexibility index (Phi) is 14.9. The quantitative estimate of drug-likeness (QED) is 0.128. The second-order valence-electron chi connectivity index (χ2n) is 24.1. The number of hydrogen-bond acceptors (Lipinski definition) is 6. The molecule has 0 radical (unpaired) electrons. The monoisotopic (exact) mass is 1090 g/mol. The first-order valence-corrected chi connectivity index (χ1v) is 30.0. The SMILES string of the molecule is Cn1c(=O)n(C)c2cc(CCl)ccc21.Cn1c(=O)n(C)c2cc(Cn3cnc(C4CC4)c3C3CCCC3)ccc21.Cn1c(=O)n(C)c2cc(Cn3cnc(C4CCCC4)c3C3CC3)ccc21.c1nc(C2CCCC2)c(C2CC2)[nH]1. The Morgan fingerprint density at radius 1 is 0.418 bits per heavy atom. The van der Waals surface area contributed by atoms with E-state index < -0.39 is 0 Å². The van der Waals surface area contributed by atoms with E-state index in [0.29, 0.717) is 29.6 Å². The van der Waals surface area contributed by atoms with Gasteiger partial charge >= 0.3 is 17.1 Å². The maximum atomic E-state index is 12.2. The first kappa shape index (κ1) is 53.1. The minimum atomic E-state index is -0.00766. The lowest BCUT2D eigenvalue weighted by molar-refractivity contribution is 0.624. The van der Waals surface area contributed by atoms with Gasteiger partial charge in [0.25, 0.3) is 0 Å². The van der Waals surface area contributed by atoms with Crippen LogP contribution in [-0.4, -0.2) is 56.5 Å². The number of nitrogens with zero attached hydrogens (tertiary/aromatic N) is 11. The van der Waals surface area contributed by atoms with Crippen LogP contribution in [0.4, 0.5) is 0 Å². The third-order valence-electron chi connectivity index (χ3n) is 18.5. The summed E-state index contributed by atoms with van der Waals surface area (Å²) in [6.45, 7) is 1.68. The summed E-state index contributed by atoms with van der Waals surface area (Å²) < 4.78 is 14.9. The van der Waals surface area contributed by atoms with Gasteiger partial charge in [0.05, 0.1) is 69.2 Å². The van der Waals surface area contributed by atoms with Gasteiger partial charge in [-0.2, -0.15) is 0 Å². The van der Waals surface area contributed by atoms with Crippen LogP contribution in [0.1, 0.15) is 202 Å². The van der Waals surface area contributed by atoms with E-state index in [9.17, 15) is 14.4 Å². The summed E-state index contributed by atoms with van der Waals surface area (Å²) in [5, 5.41) is 0. The molecule has 0 bridgehead atoms. The zero-order chi connectivity index (χ0) is 54.6. The number of hydrogen-bond donors (Lipinski definition) is 1. The molecule has 0 atom stereocenters. The number of benzene rings is 3. The fraction of sp³-hybridized carbons (Fsp3) is 0.524. The zero-order valence-electron chi connectivity index (χ0n) is 47.3. The van der Waals surface area contributed by atoms with Crippen molar-refractivity contribution in [1.29, 1.82) is 0 Å². The molecule has 0 aliphatic heterocycles. The molecule has 0 unspecified atom stereocenters. The normalized spacial score (nSPS) is 17.9. The molecule has 79 heavy (non-hydrogen) atoms. The number of alkyl halides is 1. The van der Waals surface area contributed by atoms with Crippen molar-refractivity contribution in [2.24, 2.45) is 42.3 Å². The lowest BCUT2D eigenvalue weighted by Gasteiger charge is -2.16. The highest BCUT2D eigenvalue weighted by atomic mass is 35.5. The number of halogens is 1. The third-order valence-corrected chi connectivity index (χ3v) is 18.8. The van der Waals surface area contributed by atoms with Crippen LogP contribution in [0.15, 0.2) is 88.0 Å². The van der Waals surface area contributed by atoms with Gasteiger partial charge < -0.3 is 14.1 Å². The van der Waals surface area contributed by atoms with E-state index >= 15 is 0 Å². The molecule has 15 nitrogen and oxygen atoms in total. The molecule has 6 heterocycles. The molecule has 3 aromatic carbocycles. The van der Waals surface area contributed by atoms with Gasteiger partial charge in [0.1, 0.15) is 0 Å². The Bertz CT molecular complexity index is 3840. The fourth-order valence-corrected chi connectivity index (χ4v) is 13.7. The fourth-order valence-electron chi connectivity index (χ4n) is 13.6. The number of H-pyrrole nitrogens is 1. The van der Waals surface area contributed by atoms with E-state index in [1.807, 2.05) is 52.7 Å². The highest BCUT2D eigenvalue weighted by Crippen LogP contribution is 2.48. The second-order valence-corrected chi connectivity index (χ2v) is 24.3. The van der Waals surface area contributed by atoms with Crippen molar-refractivity contribution in [3.8, 4) is 0 Å². The molecule has 15 rings (SSSR count). The summed E-state index contributed by atoms with van der Waals surface area (Å²) in [7, 11) is 10.9. The minimum Gasteiger partial charge on any atom is -0.348 e. The van der Waals surface area contributed by atoms with Crippen LogP contribution in [-0.2, 0) is 61.3 Å². The number of aromatic nitrogens is 12. The smallest absolute Gasteiger partial charge is 0.328 e. The highest BCUT2D eigenvalue weighted by molar-refractivity contribution is 6.17. The molecule has 416 valence electrons. The number of nitrogens with one attached hydrogen (secondary N) is 1. The van der Waals surface area contributed by atoms with E-state index in [2.05, 4.69) is 68.2 Å². The molecule has 1 N–H and O–H groups in total. The average Bonchev–Trinajstić information content (AvgIpc) is 4.36. The van der Waals surface area contributed by atoms with Crippen molar-refractivity contribution >= 4 is 44.7 Å². The van der Waals surface area contributed by atoms with Gasteiger partial charge in [-0.15, -0.1) is 11.6 Å². The Morgan fingerprint density at radius 2 is 0.759 bits per heavy atom. The van der Waals surface area contributed by atoms with E-state index in [0.717, 1.165) is 63.6 Å². The second kappa shape index (κ2) is 22.1. The van der Waals surface area contributed by atoms with Crippen molar-refractivity contribution in [3.63, 3.8) is 0 Å². The van der Waals surface area contributed by atoms with Crippen LogP contribution in [0.2, 0.25) is 0 Å². The largest absolute Gasteiger partial charge is 0.348 e. The molecule has 6 aliphatic carbocycles. The van der Waals surface area contributed by atoms with Crippen LogP contribution in [0, 0.1) is 0 Å². The Labute approximate surface area is 467 Å². The molecule has 16 heteroatoms. The highest BCUT2D eigenvalue weighted by Gasteiger charge is 2.36. The van der Waals surface area contributed by atoms with Crippen molar-refractivity contribution < 1.29 is 0 Å². The van der Waals surface area contributed by atoms with Gasteiger partial charge in [-0.3, -0.25) is 27.4 Å². The molecule has 6 fully saturated rings. The van der Waals surface area contributed by atoms with Gasteiger partial charge in [0.15, 0.2) is 0 Å². The topological polar surface area (TPSA) is 145 Å². The zero-order valence-corrected chi connectivity index (χ0v) is 48.0. The maximum absolute atomic E-state index is 12.2. The molecule has 0 saturated heterocycles. The third kappa shape index (κ3) is 10.6. The van der Waals surface area contributed by atoms with E-state index in [4.69, 9.17) is 21.6 Å². The van der Waals surface area contributed by atoms with Gasteiger partial charge in [-0.05, 0) is 130 Å². The molecule has 6 aliphatic rings. The summed E-state index contributed by atoms with van der Waals surface area (Å²) in [5.41, 5.74) is 18.0. The van der Waals surface area contributed by atoms with Crippen LogP contribution >= 0.6 is 11.6 Å². The molecule has 9 aromatic rings. The molecule has 0 spiro atoms. The van der Waals surface area contributed by atoms with Crippen LogP contribution in [0.5, 0.6) is 0 Å². The molecular weight excluding hydrogens is 1010 g/mol. The minimum absolute atomic E-state index is 0.00766. The maximum Gasteiger partial charge on any atom is 0.328 e.